The van der Waals surface area contributed by atoms with Crippen molar-refractivity contribution in [3.63, 3.8) is 0 Å². The molecule has 0 unspecified atom stereocenters. The lowest BCUT2D eigenvalue weighted by molar-refractivity contribution is 0.00578. The Morgan fingerprint density at radius 1 is 1.12 bits per heavy atom. The summed E-state index contributed by atoms with van der Waals surface area (Å²) in [6, 6.07) is 7.34. The highest BCUT2D eigenvalue weighted by Gasteiger charge is 2.51. The Labute approximate surface area is 161 Å². The van der Waals surface area contributed by atoms with Gasteiger partial charge >= 0.3 is 7.12 Å². The lowest BCUT2D eigenvalue weighted by atomic mass is 9.79. The number of nitrogens with zero attached hydrogens (tertiary/aromatic N) is 1. The highest BCUT2D eigenvalue weighted by Crippen LogP contribution is 2.42. The molecule has 1 saturated carbocycles. The molecule has 140 valence electrons. The highest BCUT2D eigenvalue weighted by molar-refractivity contribution is 6.62. The zero-order valence-electron chi connectivity index (χ0n) is 15.8. The van der Waals surface area contributed by atoms with Gasteiger partial charge in [0.25, 0.3) is 0 Å². The smallest absolute Gasteiger partial charge is 0.399 e. The van der Waals surface area contributed by atoms with E-state index in [4.69, 9.17) is 14.3 Å². The second-order valence-electron chi connectivity index (χ2n) is 8.90. The Kier molecular flexibility index (Phi) is 4.20. The van der Waals surface area contributed by atoms with Crippen molar-refractivity contribution in [2.75, 3.05) is 0 Å². The molecule has 0 amide bonds. The number of nitrogens with one attached hydrogen (secondary N) is 2. The molecular formula is C19H27BClN3O2. The summed E-state index contributed by atoms with van der Waals surface area (Å²) in [5.74, 6) is 1.81. The summed E-state index contributed by atoms with van der Waals surface area (Å²) < 4.78 is 12.4. The van der Waals surface area contributed by atoms with E-state index in [1.54, 1.807) is 0 Å². The Balaban J connectivity index is 0.00000168. The van der Waals surface area contributed by atoms with Gasteiger partial charge < -0.3 is 19.6 Å². The summed E-state index contributed by atoms with van der Waals surface area (Å²) in [4.78, 5) is 8.38. The van der Waals surface area contributed by atoms with Gasteiger partial charge in [-0.15, -0.1) is 12.4 Å². The number of rotatable bonds is 2. The van der Waals surface area contributed by atoms with Crippen LogP contribution in [0.3, 0.4) is 0 Å². The van der Waals surface area contributed by atoms with Gasteiger partial charge in [-0.25, -0.2) is 4.98 Å². The van der Waals surface area contributed by atoms with Crippen LogP contribution >= 0.6 is 12.4 Å². The fraction of sp³-hybridized carbons (Fsp3) is 0.632. The van der Waals surface area contributed by atoms with Crippen LogP contribution in [0.25, 0.3) is 11.0 Å². The number of aromatic nitrogens is 2. The van der Waals surface area contributed by atoms with Crippen LogP contribution in [-0.2, 0) is 9.31 Å². The molecule has 5 nitrogen and oxygen atoms in total. The number of piperidine rings is 1. The molecule has 3 aliphatic rings. The highest BCUT2D eigenvalue weighted by atomic mass is 35.5. The van der Waals surface area contributed by atoms with E-state index >= 15 is 0 Å². The third-order valence-electron chi connectivity index (χ3n) is 6.70. The molecule has 1 aromatic carbocycles. The first-order valence-electron chi connectivity index (χ1n) is 9.44. The molecule has 26 heavy (non-hydrogen) atoms. The van der Waals surface area contributed by atoms with Crippen LogP contribution in [0.4, 0.5) is 0 Å². The molecule has 2 N–H and O–H groups in total. The quantitative estimate of drug-likeness (QED) is 0.792. The standard InChI is InChI=1S/C19H26BN3O2.ClH/c1-18(2)19(3,4)25-20(24-18)12-6-8-14-15(10-12)23-17(22-14)16-11-5-7-13(9-11)21-16;/h6,8,10-11,13,16,21H,5,7,9H2,1-4H3,(H,22,23);1H/t11-,13+,16-;/m1./s1. The van der Waals surface area contributed by atoms with Gasteiger partial charge in [-0.05, 0) is 70.5 Å². The Morgan fingerprint density at radius 2 is 1.85 bits per heavy atom. The van der Waals surface area contributed by atoms with E-state index < -0.39 is 0 Å². The fourth-order valence-electron chi connectivity index (χ4n) is 4.48. The number of H-pyrrole nitrogens is 1. The van der Waals surface area contributed by atoms with Crippen molar-refractivity contribution in [1.82, 2.24) is 15.3 Å². The molecular weight excluding hydrogens is 348 g/mol. The van der Waals surface area contributed by atoms with Crippen LogP contribution < -0.4 is 10.8 Å². The SMILES string of the molecule is CC1(C)OB(c2ccc3nc([C@@H]4N[C@H]5CC[C@@H]4C5)[nH]c3c2)OC1(C)C.Cl. The summed E-state index contributed by atoms with van der Waals surface area (Å²) in [6.07, 6.45) is 3.92. The number of benzene rings is 1. The van der Waals surface area contributed by atoms with Gasteiger partial charge in [0.2, 0.25) is 0 Å². The normalized spacial score (nSPS) is 31.5. The molecule has 0 spiro atoms. The van der Waals surface area contributed by atoms with Crippen molar-refractivity contribution < 1.29 is 9.31 Å². The Morgan fingerprint density at radius 3 is 2.46 bits per heavy atom. The summed E-state index contributed by atoms with van der Waals surface area (Å²) in [5.41, 5.74) is 2.48. The number of aromatic amines is 1. The molecule has 3 fully saturated rings. The average molecular weight is 376 g/mol. The minimum Gasteiger partial charge on any atom is -0.399 e. The molecule has 1 aliphatic carbocycles. The van der Waals surface area contributed by atoms with Gasteiger partial charge in [-0.1, -0.05) is 6.07 Å². The van der Waals surface area contributed by atoms with E-state index in [0.29, 0.717) is 12.1 Å². The largest absolute Gasteiger partial charge is 0.494 e. The minimum absolute atomic E-state index is 0. The fourth-order valence-corrected chi connectivity index (χ4v) is 4.48. The molecule has 7 heteroatoms. The molecule has 3 heterocycles. The van der Waals surface area contributed by atoms with Gasteiger partial charge in [0.05, 0.1) is 28.3 Å². The average Bonchev–Trinajstić information content (AvgIpc) is 3.29. The van der Waals surface area contributed by atoms with Crippen molar-refractivity contribution in [3.8, 4) is 0 Å². The van der Waals surface area contributed by atoms with Crippen LogP contribution in [0.2, 0.25) is 0 Å². The Bertz CT molecular complexity index is 821. The maximum atomic E-state index is 6.18. The molecule has 2 saturated heterocycles. The van der Waals surface area contributed by atoms with Gasteiger partial charge in [0, 0.05) is 6.04 Å². The molecule has 5 rings (SSSR count). The van der Waals surface area contributed by atoms with Crippen LogP contribution in [0, 0.1) is 5.92 Å². The topological polar surface area (TPSA) is 59.2 Å². The third-order valence-corrected chi connectivity index (χ3v) is 6.70. The second kappa shape index (κ2) is 5.96. The predicted molar refractivity (Wildman–Crippen MR) is 106 cm³/mol. The minimum atomic E-state index is -0.332. The monoisotopic (exact) mass is 375 g/mol. The Hall–Kier alpha value is -1.08. The van der Waals surface area contributed by atoms with Crippen molar-refractivity contribution >= 4 is 36.0 Å². The van der Waals surface area contributed by atoms with Gasteiger partial charge in [0.15, 0.2) is 0 Å². The first kappa shape index (κ1) is 18.3. The lowest BCUT2D eigenvalue weighted by Gasteiger charge is -2.32. The van der Waals surface area contributed by atoms with Crippen LogP contribution in [0.1, 0.15) is 58.8 Å². The molecule has 2 aromatic rings. The third kappa shape index (κ3) is 2.70. The lowest BCUT2D eigenvalue weighted by Crippen LogP contribution is -2.41. The molecule has 2 bridgehead atoms. The maximum absolute atomic E-state index is 6.18. The molecule has 2 aliphatic heterocycles. The molecule has 3 atom stereocenters. The van der Waals surface area contributed by atoms with Crippen LogP contribution in [0.5, 0.6) is 0 Å². The zero-order valence-corrected chi connectivity index (χ0v) is 16.7. The molecule has 0 radical (unpaired) electrons. The number of imidazole rings is 1. The number of hydrogen-bond acceptors (Lipinski definition) is 4. The molecule has 1 aromatic heterocycles. The summed E-state index contributed by atoms with van der Waals surface area (Å²) >= 11 is 0. The van der Waals surface area contributed by atoms with Crippen LogP contribution in [-0.4, -0.2) is 34.3 Å². The number of hydrogen-bond donors (Lipinski definition) is 2. The summed E-state index contributed by atoms with van der Waals surface area (Å²) in [5, 5.41) is 3.72. The van der Waals surface area contributed by atoms with Crippen molar-refractivity contribution in [1.29, 1.82) is 0 Å². The summed E-state index contributed by atoms with van der Waals surface area (Å²) in [6.45, 7) is 8.34. The predicted octanol–water partition coefficient (Wildman–Crippen LogP) is 3.10. The zero-order chi connectivity index (χ0) is 17.4. The van der Waals surface area contributed by atoms with Crippen molar-refractivity contribution in [3.05, 3.63) is 24.0 Å². The maximum Gasteiger partial charge on any atom is 0.494 e. The second-order valence-corrected chi connectivity index (χ2v) is 8.90. The van der Waals surface area contributed by atoms with Gasteiger partial charge in [-0.3, -0.25) is 0 Å². The van der Waals surface area contributed by atoms with Gasteiger partial charge in [0.1, 0.15) is 5.82 Å². The number of halogens is 1. The number of fused-ring (bicyclic) bond motifs is 3. The first-order valence-corrected chi connectivity index (χ1v) is 9.44. The van der Waals surface area contributed by atoms with E-state index in [0.717, 1.165) is 28.2 Å². The van der Waals surface area contributed by atoms with E-state index in [9.17, 15) is 0 Å². The van der Waals surface area contributed by atoms with Gasteiger partial charge in [-0.2, -0.15) is 0 Å². The van der Waals surface area contributed by atoms with E-state index in [1.165, 1.54) is 19.3 Å². The van der Waals surface area contributed by atoms with E-state index in [2.05, 4.69) is 56.2 Å². The first-order chi connectivity index (χ1) is 11.8. The van der Waals surface area contributed by atoms with E-state index in [1.807, 2.05) is 0 Å². The van der Waals surface area contributed by atoms with E-state index in [-0.39, 0.29) is 30.7 Å². The van der Waals surface area contributed by atoms with Crippen molar-refractivity contribution in [2.45, 2.75) is 70.2 Å². The van der Waals surface area contributed by atoms with Crippen LogP contribution in [0.15, 0.2) is 18.2 Å². The summed E-state index contributed by atoms with van der Waals surface area (Å²) in [7, 11) is -0.332. The van der Waals surface area contributed by atoms with Crippen molar-refractivity contribution in [2.24, 2.45) is 5.92 Å².